The van der Waals surface area contributed by atoms with Gasteiger partial charge < -0.3 is 10.2 Å². The normalized spacial score (nSPS) is 42.4. The highest BCUT2D eigenvalue weighted by Crippen LogP contribution is 2.33. The highest BCUT2D eigenvalue weighted by molar-refractivity contribution is 5.77. The second-order valence-corrected chi connectivity index (χ2v) is 7.26. The van der Waals surface area contributed by atoms with Gasteiger partial charge in [0.15, 0.2) is 0 Å². The molecule has 0 aromatic heterocycles. The van der Waals surface area contributed by atoms with Crippen LogP contribution in [0.5, 0.6) is 0 Å². The van der Waals surface area contributed by atoms with Crippen LogP contribution < -0.4 is 5.32 Å². The molecule has 3 saturated heterocycles. The molecule has 108 valence electrons. The number of hydrogen-bond acceptors (Lipinski definition) is 2. The Labute approximate surface area is 117 Å². The first-order valence-corrected chi connectivity index (χ1v) is 8.17. The molecule has 0 radical (unpaired) electrons. The molecule has 0 spiro atoms. The first-order chi connectivity index (χ1) is 9.11. The maximum Gasteiger partial charge on any atom is 0.223 e. The van der Waals surface area contributed by atoms with Crippen molar-refractivity contribution >= 4 is 5.91 Å². The molecule has 3 fully saturated rings. The molecule has 3 heteroatoms. The third-order valence-corrected chi connectivity index (χ3v) is 5.47. The summed E-state index contributed by atoms with van der Waals surface area (Å²) in [6.45, 7) is 5.48. The summed E-state index contributed by atoms with van der Waals surface area (Å²) in [6, 6.07) is 1.87. The molecule has 3 heterocycles. The summed E-state index contributed by atoms with van der Waals surface area (Å²) in [5.41, 5.74) is 0. The van der Waals surface area contributed by atoms with E-state index in [4.69, 9.17) is 0 Å². The molecule has 0 aromatic rings. The van der Waals surface area contributed by atoms with E-state index in [2.05, 4.69) is 24.1 Å². The van der Waals surface area contributed by atoms with Gasteiger partial charge in [-0.25, -0.2) is 0 Å². The quantitative estimate of drug-likeness (QED) is 0.831. The molecular formula is C16H28N2O. The second-order valence-electron chi connectivity index (χ2n) is 7.26. The third kappa shape index (κ3) is 2.96. The number of nitrogens with one attached hydrogen (secondary N) is 1. The lowest BCUT2D eigenvalue weighted by Crippen LogP contribution is -2.46. The molecule has 3 aliphatic rings. The summed E-state index contributed by atoms with van der Waals surface area (Å²) in [6.07, 6.45) is 8.36. The van der Waals surface area contributed by atoms with Crippen molar-refractivity contribution in [2.45, 2.75) is 76.9 Å². The van der Waals surface area contributed by atoms with Crippen molar-refractivity contribution in [2.75, 3.05) is 6.54 Å². The molecular weight excluding hydrogens is 236 g/mol. The average molecular weight is 264 g/mol. The van der Waals surface area contributed by atoms with E-state index in [0.29, 0.717) is 35.9 Å². The van der Waals surface area contributed by atoms with E-state index in [1.54, 1.807) is 0 Å². The number of piperidine rings is 2. The Kier molecular flexibility index (Phi) is 3.84. The van der Waals surface area contributed by atoms with E-state index in [1.807, 2.05) is 0 Å². The number of nitrogens with zero attached hydrogens (tertiary/aromatic N) is 1. The van der Waals surface area contributed by atoms with Crippen LogP contribution in [0.3, 0.4) is 0 Å². The highest BCUT2D eigenvalue weighted by atomic mass is 16.2. The van der Waals surface area contributed by atoms with Crippen molar-refractivity contribution in [3.05, 3.63) is 0 Å². The number of carbonyl (C=O) groups is 1. The summed E-state index contributed by atoms with van der Waals surface area (Å²) in [5.74, 6) is 1.74. The molecule has 0 aromatic carbocycles. The van der Waals surface area contributed by atoms with Crippen molar-refractivity contribution < 1.29 is 4.79 Å². The van der Waals surface area contributed by atoms with Gasteiger partial charge in [0, 0.05) is 31.1 Å². The third-order valence-electron chi connectivity index (χ3n) is 5.47. The van der Waals surface area contributed by atoms with Gasteiger partial charge in [-0.15, -0.1) is 0 Å². The van der Waals surface area contributed by atoms with Crippen molar-refractivity contribution in [2.24, 2.45) is 11.8 Å². The van der Waals surface area contributed by atoms with Gasteiger partial charge in [0.2, 0.25) is 5.91 Å². The monoisotopic (exact) mass is 264 g/mol. The molecule has 0 saturated carbocycles. The van der Waals surface area contributed by atoms with Crippen molar-refractivity contribution in [3.63, 3.8) is 0 Å². The van der Waals surface area contributed by atoms with Crippen LogP contribution in [0.1, 0.15) is 58.8 Å². The Bertz CT molecular complexity index is 332. The molecule has 4 unspecified atom stereocenters. The minimum Gasteiger partial charge on any atom is -0.340 e. The summed E-state index contributed by atoms with van der Waals surface area (Å²) in [4.78, 5) is 14.7. The SMILES string of the molecule is CC1CCC(C)N(C(=O)CC2CC3CCC(C2)N3)C1. The predicted octanol–water partition coefficient (Wildman–Crippen LogP) is 2.55. The Balaban J connectivity index is 1.55. The summed E-state index contributed by atoms with van der Waals surface area (Å²) >= 11 is 0. The molecule has 0 aliphatic carbocycles. The van der Waals surface area contributed by atoms with Gasteiger partial charge in [-0.05, 0) is 57.3 Å². The van der Waals surface area contributed by atoms with E-state index in [9.17, 15) is 4.79 Å². The van der Waals surface area contributed by atoms with Crippen molar-refractivity contribution in [3.8, 4) is 0 Å². The van der Waals surface area contributed by atoms with Gasteiger partial charge >= 0.3 is 0 Å². The largest absolute Gasteiger partial charge is 0.340 e. The number of hydrogen-bond donors (Lipinski definition) is 1. The van der Waals surface area contributed by atoms with Crippen LogP contribution in [0.25, 0.3) is 0 Å². The minimum absolute atomic E-state index is 0.422. The maximum atomic E-state index is 12.6. The average Bonchev–Trinajstić information content (AvgIpc) is 2.71. The molecule has 1 N–H and O–H groups in total. The van der Waals surface area contributed by atoms with Gasteiger partial charge in [0.05, 0.1) is 0 Å². The van der Waals surface area contributed by atoms with E-state index < -0.39 is 0 Å². The Hall–Kier alpha value is -0.570. The fourth-order valence-electron chi connectivity index (χ4n) is 4.34. The Morgan fingerprint density at radius 3 is 2.47 bits per heavy atom. The first kappa shape index (κ1) is 13.4. The fourth-order valence-corrected chi connectivity index (χ4v) is 4.34. The van der Waals surface area contributed by atoms with E-state index in [-0.39, 0.29) is 0 Å². The maximum absolute atomic E-state index is 12.6. The number of fused-ring (bicyclic) bond motifs is 2. The zero-order valence-electron chi connectivity index (χ0n) is 12.4. The van der Waals surface area contributed by atoms with E-state index in [1.165, 1.54) is 38.5 Å². The lowest BCUT2D eigenvalue weighted by atomic mass is 9.88. The molecule has 2 bridgehead atoms. The van der Waals surface area contributed by atoms with Gasteiger partial charge in [-0.3, -0.25) is 4.79 Å². The van der Waals surface area contributed by atoms with E-state index >= 15 is 0 Å². The first-order valence-electron chi connectivity index (χ1n) is 8.17. The fraction of sp³-hybridized carbons (Fsp3) is 0.938. The topological polar surface area (TPSA) is 32.3 Å². The predicted molar refractivity (Wildman–Crippen MR) is 76.9 cm³/mol. The lowest BCUT2D eigenvalue weighted by Gasteiger charge is -2.38. The zero-order valence-corrected chi connectivity index (χ0v) is 12.4. The summed E-state index contributed by atoms with van der Waals surface area (Å²) in [5, 5.41) is 3.66. The van der Waals surface area contributed by atoms with Gasteiger partial charge in [-0.2, -0.15) is 0 Å². The van der Waals surface area contributed by atoms with Gasteiger partial charge in [0.25, 0.3) is 0 Å². The Morgan fingerprint density at radius 2 is 1.79 bits per heavy atom. The standard InChI is InChI=1S/C16H28N2O/c1-11-3-4-12(2)18(10-11)16(19)9-13-7-14-5-6-15(8-13)17-14/h11-15,17H,3-10H2,1-2H3. The molecule has 4 atom stereocenters. The summed E-state index contributed by atoms with van der Waals surface area (Å²) in [7, 11) is 0. The van der Waals surface area contributed by atoms with Crippen molar-refractivity contribution in [1.29, 1.82) is 0 Å². The van der Waals surface area contributed by atoms with Crippen LogP contribution in [0.15, 0.2) is 0 Å². The van der Waals surface area contributed by atoms with Crippen LogP contribution in [-0.4, -0.2) is 35.5 Å². The van der Waals surface area contributed by atoms with Gasteiger partial charge in [0.1, 0.15) is 0 Å². The number of amides is 1. The van der Waals surface area contributed by atoms with Crippen LogP contribution in [0, 0.1) is 11.8 Å². The Morgan fingerprint density at radius 1 is 1.11 bits per heavy atom. The molecule has 3 rings (SSSR count). The summed E-state index contributed by atoms with van der Waals surface area (Å²) < 4.78 is 0. The smallest absolute Gasteiger partial charge is 0.223 e. The van der Waals surface area contributed by atoms with Gasteiger partial charge in [-0.1, -0.05) is 6.92 Å². The number of likely N-dealkylation sites (tertiary alicyclic amines) is 1. The number of carbonyl (C=O) groups excluding carboxylic acids is 1. The molecule has 19 heavy (non-hydrogen) atoms. The van der Waals surface area contributed by atoms with Crippen LogP contribution in [0.4, 0.5) is 0 Å². The highest BCUT2D eigenvalue weighted by Gasteiger charge is 2.36. The lowest BCUT2D eigenvalue weighted by molar-refractivity contribution is -0.136. The van der Waals surface area contributed by atoms with Crippen LogP contribution >= 0.6 is 0 Å². The zero-order chi connectivity index (χ0) is 13.4. The van der Waals surface area contributed by atoms with Crippen molar-refractivity contribution in [1.82, 2.24) is 10.2 Å². The number of rotatable bonds is 2. The molecule has 3 nitrogen and oxygen atoms in total. The second kappa shape index (κ2) is 5.43. The molecule has 3 aliphatic heterocycles. The van der Waals surface area contributed by atoms with E-state index in [0.717, 1.165) is 13.0 Å². The molecule has 1 amide bonds. The van der Waals surface area contributed by atoms with Crippen LogP contribution in [-0.2, 0) is 4.79 Å². The van der Waals surface area contributed by atoms with Crippen LogP contribution in [0.2, 0.25) is 0 Å². The minimum atomic E-state index is 0.422.